The van der Waals surface area contributed by atoms with Crippen molar-refractivity contribution < 1.29 is 38.4 Å². The van der Waals surface area contributed by atoms with Gasteiger partial charge in [0.05, 0.1) is 0 Å². The maximum absolute atomic E-state index is 12.3. The highest BCUT2D eigenvalue weighted by atomic mass is 32.3. The zero-order chi connectivity index (χ0) is 11.2. The first-order valence-corrected chi connectivity index (χ1v) is 6.06. The van der Waals surface area contributed by atoms with Crippen molar-refractivity contribution in [3.8, 4) is 0 Å². The highest BCUT2D eigenvalue weighted by molar-refractivity contribution is 8.03. The Balaban J connectivity index is 3.20. The Bertz CT molecular complexity index is 423. The minimum absolute atomic E-state index is 1.85. The second kappa shape index (κ2) is 3.05. The fraction of sp³-hybridized carbons (Fsp3) is 1.00. The molecule has 0 aromatic carbocycles. The fourth-order valence-corrected chi connectivity index (χ4v) is 3.23. The van der Waals surface area contributed by atoms with Crippen molar-refractivity contribution in [1.29, 1.82) is 0 Å². The Kier molecular flexibility index (Phi) is 2.54. The van der Waals surface area contributed by atoms with Crippen LogP contribution in [0.15, 0.2) is 0 Å². The van der Waals surface area contributed by atoms with Crippen LogP contribution in [0.25, 0.3) is 0 Å². The molecule has 0 aliphatic carbocycles. The molecule has 0 N–H and O–H groups in total. The Morgan fingerprint density at radius 2 is 1.64 bits per heavy atom. The Labute approximate surface area is 76.9 Å². The smallest absolute Gasteiger partial charge is 0.222 e. The van der Waals surface area contributed by atoms with Gasteiger partial charge in [-0.3, -0.25) is 0 Å². The number of hydrogen-bond acceptors (Lipinski definition) is 6. The van der Waals surface area contributed by atoms with Gasteiger partial charge in [0.25, 0.3) is 20.2 Å². The standard InChI is InChI=1S/C3H3F3O6S2/c4-2-3(5,6)12-14(9,10)1-13(7,8)11-2/h2H,1H2. The van der Waals surface area contributed by atoms with Gasteiger partial charge in [0.2, 0.25) is 5.08 Å². The van der Waals surface area contributed by atoms with Gasteiger partial charge in [0.15, 0.2) is 0 Å². The molecule has 0 amide bonds. The largest absolute Gasteiger partial charge is 0.426 e. The summed E-state index contributed by atoms with van der Waals surface area (Å²) >= 11 is 0. The van der Waals surface area contributed by atoms with Crippen LogP contribution in [0.3, 0.4) is 0 Å². The second-order valence-electron chi connectivity index (χ2n) is 2.29. The zero-order valence-corrected chi connectivity index (χ0v) is 7.82. The second-order valence-corrected chi connectivity index (χ2v) is 5.82. The Morgan fingerprint density at radius 3 is 2.14 bits per heavy atom. The van der Waals surface area contributed by atoms with E-state index in [2.05, 4.69) is 8.37 Å². The average molecular weight is 256 g/mol. The lowest BCUT2D eigenvalue weighted by atomic mass is 10.6. The molecule has 0 saturated carbocycles. The number of hydrogen-bond donors (Lipinski definition) is 0. The highest BCUT2D eigenvalue weighted by Crippen LogP contribution is 2.31. The molecule has 1 fully saturated rings. The van der Waals surface area contributed by atoms with E-state index in [0.717, 1.165) is 0 Å². The molecule has 1 saturated heterocycles. The third-order valence-electron chi connectivity index (χ3n) is 1.02. The molecule has 0 aromatic heterocycles. The van der Waals surface area contributed by atoms with Gasteiger partial charge in [-0.15, -0.1) is 0 Å². The highest BCUT2D eigenvalue weighted by Gasteiger charge is 2.53. The van der Waals surface area contributed by atoms with Gasteiger partial charge in [-0.05, 0) is 0 Å². The van der Waals surface area contributed by atoms with Crippen molar-refractivity contribution in [2.45, 2.75) is 12.5 Å². The van der Waals surface area contributed by atoms with Crippen molar-refractivity contribution in [3.63, 3.8) is 0 Å². The van der Waals surface area contributed by atoms with Gasteiger partial charge in [-0.2, -0.15) is 29.8 Å². The normalized spacial score (nSPS) is 34.6. The Morgan fingerprint density at radius 1 is 1.14 bits per heavy atom. The summed E-state index contributed by atoms with van der Waals surface area (Å²) in [5.74, 6) is 0. The van der Waals surface area contributed by atoms with Crippen LogP contribution in [0.1, 0.15) is 0 Å². The molecule has 0 radical (unpaired) electrons. The molecule has 1 unspecified atom stereocenters. The lowest BCUT2D eigenvalue weighted by molar-refractivity contribution is -0.262. The van der Waals surface area contributed by atoms with E-state index >= 15 is 0 Å². The van der Waals surface area contributed by atoms with E-state index in [4.69, 9.17) is 0 Å². The molecule has 14 heavy (non-hydrogen) atoms. The van der Waals surface area contributed by atoms with Gasteiger partial charge in [0.1, 0.15) is 0 Å². The maximum atomic E-state index is 12.3. The topological polar surface area (TPSA) is 86.7 Å². The van der Waals surface area contributed by atoms with Crippen molar-refractivity contribution in [1.82, 2.24) is 0 Å². The van der Waals surface area contributed by atoms with Crippen molar-refractivity contribution in [2.24, 2.45) is 0 Å². The molecule has 1 rings (SSSR count). The summed E-state index contributed by atoms with van der Waals surface area (Å²) in [6.07, 6.45) is -8.52. The summed E-state index contributed by atoms with van der Waals surface area (Å²) in [6.45, 7) is 0. The van der Waals surface area contributed by atoms with Crippen LogP contribution < -0.4 is 0 Å². The third-order valence-corrected chi connectivity index (χ3v) is 4.27. The van der Waals surface area contributed by atoms with Gasteiger partial charge < -0.3 is 0 Å². The molecule has 1 heterocycles. The summed E-state index contributed by atoms with van der Waals surface area (Å²) in [6, 6.07) is 0. The summed E-state index contributed by atoms with van der Waals surface area (Å²) < 4.78 is 85.3. The minimum Gasteiger partial charge on any atom is -0.222 e. The molecule has 1 atom stereocenters. The first-order valence-electron chi connectivity index (χ1n) is 2.90. The van der Waals surface area contributed by atoms with Crippen LogP contribution in [0.4, 0.5) is 13.2 Å². The molecular weight excluding hydrogens is 253 g/mol. The fourth-order valence-electron chi connectivity index (χ4n) is 0.620. The first-order chi connectivity index (χ1) is 6.04. The number of rotatable bonds is 0. The van der Waals surface area contributed by atoms with Crippen molar-refractivity contribution in [3.05, 3.63) is 0 Å². The SMILES string of the molecule is O=S1(=O)CS(=O)(=O)OC(F)(F)C(F)O1. The van der Waals surface area contributed by atoms with E-state index in [1.165, 1.54) is 0 Å². The summed E-state index contributed by atoms with van der Waals surface area (Å²) in [5, 5.41) is -1.85. The van der Waals surface area contributed by atoms with Crippen LogP contribution in [0.5, 0.6) is 0 Å². The van der Waals surface area contributed by atoms with Crippen LogP contribution in [-0.4, -0.2) is 34.4 Å². The number of halogens is 3. The average Bonchev–Trinajstić information content (AvgIpc) is 1.81. The van der Waals surface area contributed by atoms with Gasteiger partial charge in [-0.1, -0.05) is 0 Å². The van der Waals surface area contributed by atoms with E-state index in [1.807, 2.05) is 0 Å². The summed E-state index contributed by atoms with van der Waals surface area (Å²) in [4.78, 5) is 0. The predicted octanol–water partition coefficient (Wildman–Crippen LogP) is -0.461. The molecule has 0 bridgehead atoms. The molecular formula is C3H3F3O6S2. The maximum Gasteiger partial charge on any atom is 0.426 e. The summed E-state index contributed by atoms with van der Waals surface area (Å²) in [5.41, 5.74) is 0. The molecule has 11 heteroatoms. The predicted molar refractivity (Wildman–Crippen MR) is 34.7 cm³/mol. The first kappa shape index (κ1) is 11.7. The van der Waals surface area contributed by atoms with E-state index < -0.39 is 37.8 Å². The van der Waals surface area contributed by atoms with Crippen LogP contribution in [-0.2, 0) is 28.6 Å². The van der Waals surface area contributed by atoms with Crippen LogP contribution >= 0.6 is 0 Å². The van der Waals surface area contributed by atoms with E-state index in [-0.39, 0.29) is 0 Å². The molecule has 1 aliphatic rings. The van der Waals surface area contributed by atoms with Crippen LogP contribution in [0.2, 0.25) is 0 Å². The van der Waals surface area contributed by atoms with E-state index in [1.54, 1.807) is 0 Å². The lowest BCUT2D eigenvalue weighted by Gasteiger charge is -2.13. The van der Waals surface area contributed by atoms with Gasteiger partial charge in [0, 0.05) is 0 Å². The lowest BCUT2D eigenvalue weighted by Crippen LogP contribution is -2.34. The van der Waals surface area contributed by atoms with Crippen molar-refractivity contribution >= 4 is 20.2 Å². The third kappa shape index (κ3) is 2.56. The van der Waals surface area contributed by atoms with Gasteiger partial charge in [-0.25, -0.2) is 8.57 Å². The quantitative estimate of drug-likeness (QED) is 0.545. The summed E-state index contributed by atoms with van der Waals surface area (Å²) in [7, 11) is -9.99. The molecule has 0 spiro atoms. The minimum atomic E-state index is -5.07. The van der Waals surface area contributed by atoms with E-state index in [0.29, 0.717) is 0 Å². The Hall–Kier alpha value is -0.390. The van der Waals surface area contributed by atoms with Crippen LogP contribution in [0, 0.1) is 0 Å². The molecule has 0 aromatic rings. The van der Waals surface area contributed by atoms with E-state index in [9.17, 15) is 30.0 Å². The molecule has 6 nitrogen and oxygen atoms in total. The zero-order valence-electron chi connectivity index (χ0n) is 6.18. The molecule has 1 aliphatic heterocycles. The van der Waals surface area contributed by atoms with Gasteiger partial charge >= 0.3 is 12.5 Å². The number of alkyl halides is 3. The molecule has 84 valence electrons. The monoisotopic (exact) mass is 256 g/mol. The van der Waals surface area contributed by atoms with Crippen molar-refractivity contribution in [2.75, 3.05) is 5.08 Å².